The smallest absolute Gasteiger partial charge is 0.159 e. The SMILES string of the molecule is CC(C)C(=O)CCC(C)C1CC[C@H]2[C@@H]3CC(=O)C4=CC(=O)CC[C@]4(C)[C@H]3CC[C@]12C. The van der Waals surface area contributed by atoms with E-state index < -0.39 is 0 Å². The topological polar surface area (TPSA) is 51.2 Å². The Morgan fingerprint density at radius 1 is 1.07 bits per heavy atom. The molecule has 4 rings (SSSR count). The number of carbonyl (C=O) groups excluding carboxylic acids is 3. The zero-order chi connectivity index (χ0) is 21.8. The first-order valence-corrected chi connectivity index (χ1v) is 12.4. The minimum absolute atomic E-state index is 0.0946. The minimum atomic E-state index is -0.0946. The highest BCUT2D eigenvalue weighted by molar-refractivity contribution is 6.05. The maximum absolute atomic E-state index is 13.1. The summed E-state index contributed by atoms with van der Waals surface area (Å²) in [6, 6.07) is 0. The van der Waals surface area contributed by atoms with E-state index in [1.165, 1.54) is 25.7 Å². The van der Waals surface area contributed by atoms with Crippen LogP contribution in [0.2, 0.25) is 0 Å². The van der Waals surface area contributed by atoms with Gasteiger partial charge in [0.1, 0.15) is 5.78 Å². The Bertz CT molecular complexity index is 777. The second-order valence-corrected chi connectivity index (χ2v) is 11.8. The standard InChI is InChI=1S/C27H40O3/c1-16(2)24(29)9-6-17(3)20-7-8-21-19-15-25(30)23-14-18(28)10-12-27(23,5)22(19)11-13-26(20,21)4/h14,16-17,19-22H,6-13,15H2,1-5H3/t17?,19-,20?,21-,22-,26+,27+/m0/s1. The van der Waals surface area contributed by atoms with Gasteiger partial charge in [0, 0.05) is 30.8 Å². The van der Waals surface area contributed by atoms with Crippen molar-refractivity contribution in [3.05, 3.63) is 11.6 Å². The van der Waals surface area contributed by atoms with Gasteiger partial charge < -0.3 is 0 Å². The summed E-state index contributed by atoms with van der Waals surface area (Å²) in [7, 11) is 0. The molecular weight excluding hydrogens is 372 g/mol. The molecule has 3 fully saturated rings. The van der Waals surface area contributed by atoms with Gasteiger partial charge in [-0.25, -0.2) is 0 Å². The van der Waals surface area contributed by atoms with Crippen LogP contribution < -0.4 is 0 Å². The van der Waals surface area contributed by atoms with Gasteiger partial charge in [0.15, 0.2) is 11.6 Å². The highest BCUT2D eigenvalue weighted by Gasteiger charge is 2.61. The number of carbonyl (C=O) groups is 3. The van der Waals surface area contributed by atoms with Crippen LogP contribution in [0.15, 0.2) is 11.6 Å². The number of rotatable bonds is 5. The largest absolute Gasteiger partial charge is 0.299 e. The highest BCUT2D eigenvalue weighted by Crippen LogP contribution is 2.67. The fraction of sp³-hybridized carbons (Fsp3) is 0.815. The van der Waals surface area contributed by atoms with E-state index in [2.05, 4.69) is 20.8 Å². The van der Waals surface area contributed by atoms with Crippen molar-refractivity contribution in [1.82, 2.24) is 0 Å². The summed E-state index contributed by atoms with van der Waals surface area (Å²) in [6.07, 6.45) is 10.4. The van der Waals surface area contributed by atoms with Gasteiger partial charge in [-0.1, -0.05) is 34.6 Å². The summed E-state index contributed by atoms with van der Waals surface area (Å²) in [6.45, 7) is 11.1. The molecule has 0 bridgehead atoms. The molecule has 4 aliphatic carbocycles. The average Bonchev–Trinajstić information content (AvgIpc) is 3.04. The molecule has 0 spiro atoms. The molecule has 3 heteroatoms. The minimum Gasteiger partial charge on any atom is -0.299 e. The molecule has 30 heavy (non-hydrogen) atoms. The third-order valence-corrected chi connectivity index (χ3v) is 10.0. The number of hydrogen-bond acceptors (Lipinski definition) is 3. The molecule has 3 saturated carbocycles. The monoisotopic (exact) mass is 412 g/mol. The Morgan fingerprint density at radius 3 is 2.50 bits per heavy atom. The van der Waals surface area contributed by atoms with Crippen molar-refractivity contribution in [2.75, 3.05) is 0 Å². The van der Waals surface area contributed by atoms with E-state index in [1.54, 1.807) is 6.08 Å². The molecule has 4 aliphatic rings. The van der Waals surface area contributed by atoms with E-state index in [-0.39, 0.29) is 22.9 Å². The lowest BCUT2D eigenvalue weighted by Gasteiger charge is -2.57. The first-order chi connectivity index (χ1) is 14.1. The maximum Gasteiger partial charge on any atom is 0.159 e. The van der Waals surface area contributed by atoms with Gasteiger partial charge in [0.05, 0.1) is 0 Å². The van der Waals surface area contributed by atoms with E-state index in [9.17, 15) is 14.4 Å². The van der Waals surface area contributed by atoms with Gasteiger partial charge in [-0.15, -0.1) is 0 Å². The predicted molar refractivity (Wildman–Crippen MR) is 119 cm³/mol. The van der Waals surface area contributed by atoms with Crippen molar-refractivity contribution in [2.24, 2.45) is 46.3 Å². The van der Waals surface area contributed by atoms with Crippen molar-refractivity contribution in [3.8, 4) is 0 Å². The van der Waals surface area contributed by atoms with Gasteiger partial charge in [-0.2, -0.15) is 0 Å². The average molecular weight is 413 g/mol. The molecule has 0 saturated heterocycles. The summed E-state index contributed by atoms with van der Waals surface area (Å²) < 4.78 is 0. The van der Waals surface area contributed by atoms with Crippen molar-refractivity contribution in [3.63, 3.8) is 0 Å². The van der Waals surface area contributed by atoms with Gasteiger partial charge >= 0.3 is 0 Å². The summed E-state index contributed by atoms with van der Waals surface area (Å²) in [4.78, 5) is 37.3. The van der Waals surface area contributed by atoms with Crippen LogP contribution in [0, 0.1) is 46.3 Å². The second kappa shape index (κ2) is 7.71. The summed E-state index contributed by atoms with van der Waals surface area (Å²) in [5.41, 5.74) is 1.05. The molecule has 166 valence electrons. The van der Waals surface area contributed by atoms with Crippen LogP contribution in [0.3, 0.4) is 0 Å². The molecule has 0 N–H and O–H groups in total. The van der Waals surface area contributed by atoms with Crippen molar-refractivity contribution < 1.29 is 14.4 Å². The molecular formula is C27H40O3. The highest BCUT2D eigenvalue weighted by atomic mass is 16.1. The molecule has 0 amide bonds. The number of fused-ring (bicyclic) bond motifs is 5. The Labute approximate surface area is 182 Å². The Kier molecular flexibility index (Phi) is 5.64. The molecule has 0 aliphatic heterocycles. The van der Waals surface area contributed by atoms with Crippen LogP contribution in [-0.2, 0) is 14.4 Å². The zero-order valence-corrected chi connectivity index (χ0v) is 19.6. The van der Waals surface area contributed by atoms with Crippen LogP contribution in [0.1, 0.15) is 92.4 Å². The molecule has 0 aromatic carbocycles. The first-order valence-electron chi connectivity index (χ1n) is 12.4. The first kappa shape index (κ1) is 22.0. The lowest BCUT2D eigenvalue weighted by molar-refractivity contribution is -0.132. The van der Waals surface area contributed by atoms with E-state index in [0.717, 1.165) is 18.4 Å². The summed E-state index contributed by atoms with van der Waals surface area (Å²) >= 11 is 0. The second-order valence-electron chi connectivity index (χ2n) is 11.8. The maximum atomic E-state index is 13.1. The predicted octanol–water partition coefficient (Wildman–Crippen LogP) is 5.95. The zero-order valence-electron chi connectivity index (χ0n) is 19.6. The molecule has 0 radical (unpaired) electrons. The molecule has 3 nitrogen and oxygen atoms in total. The number of hydrogen-bond donors (Lipinski definition) is 0. The van der Waals surface area contributed by atoms with Crippen LogP contribution >= 0.6 is 0 Å². The van der Waals surface area contributed by atoms with Crippen molar-refractivity contribution in [1.29, 1.82) is 0 Å². The van der Waals surface area contributed by atoms with Crippen LogP contribution in [0.4, 0.5) is 0 Å². The fourth-order valence-electron chi connectivity index (χ4n) is 8.22. The van der Waals surface area contributed by atoms with Crippen LogP contribution in [-0.4, -0.2) is 17.3 Å². The number of Topliss-reactive ketones (excluding diaryl/α,β-unsaturated/α-hetero) is 2. The van der Waals surface area contributed by atoms with Gasteiger partial charge in [0.2, 0.25) is 0 Å². The molecule has 0 aromatic heterocycles. The van der Waals surface area contributed by atoms with Crippen LogP contribution in [0.25, 0.3) is 0 Å². The van der Waals surface area contributed by atoms with E-state index in [0.29, 0.717) is 60.1 Å². The van der Waals surface area contributed by atoms with E-state index >= 15 is 0 Å². The number of ketones is 3. The van der Waals surface area contributed by atoms with Crippen LogP contribution in [0.5, 0.6) is 0 Å². The third kappa shape index (κ3) is 3.35. The molecule has 0 heterocycles. The van der Waals surface area contributed by atoms with Crippen molar-refractivity contribution >= 4 is 17.3 Å². The van der Waals surface area contributed by atoms with E-state index in [4.69, 9.17) is 0 Å². The van der Waals surface area contributed by atoms with Crippen molar-refractivity contribution in [2.45, 2.75) is 92.4 Å². The van der Waals surface area contributed by atoms with Gasteiger partial charge in [0.25, 0.3) is 0 Å². The third-order valence-electron chi connectivity index (χ3n) is 10.0. The quantitative estimate of drug-likeness (QED) is 0.560. The lowest BCUT2D eigenvalue weighted by atomic mass is 9.46. The summed E-state index contributed by atoms with van der Waals surface area (Å²) in [5, 5.41) is 0. The molecule has 0 aromatic rings. The Hall–Kier alpha value is -1.25. The van der Waals surface area contributed by atoms with Gasteiger partial charge in [-0.05, 0) is 85.0 Å². The van der Waals surface area contributed by atoms with E-state index in [1.807, 2.05) is 13.8 Å². The Balaban J connectivity index is 1.54. The molecule has 7 atom stereocenters. The number of allylic oxidation sites excluding steroid dienone is 1. The lowest BCUT2D eigenvalue weighted by Crippen LogP contribution is -2.53. The summed E-state index contributed by atoms with van der Waals surface area (Å²) in [5.74, 6) is 3.78. The Morgan fingerprint density at radius 2 is 1.80 bits per heavy atom. The normalized spacial score (nSPS) is 41.7. The van der Waals surface area contributed by atoms with Gasteiger partial charge in [-0.3, -0.25) is 14.4 Å². The fourth-order valence-corrected chi connectivity index (χ4v) is 8.22. The molecule has 2 unspecified atom stereocenters.